The third-order valence-electron chi connectivity index (χ3n) is 2.36. The van der Waals surface area contributed by atoms with Gasteiger partial charge in [-0.25, -0.2) is 4.79 Å². The molecule has 0 heterocycles. The third-order valence-corrected chi connectivity index (χ3v) is 2.36. The molecule has 6 nitrogen and oxygen atoms in total. The summed E-state index contributed by atoms with van der Waals surface area (Å²) in [5, 5.41) is 2.41. The van der Waals surface area contributed by atoms with Crippen LogP contribution in [0.25, 0.3) is 0 Å². The van der Waals surface area contributed by atoms with Crippen LogP contribution in [0.5, 0.6) is 0 Å². The second-order valence-electron chi connectivity index (χ2n) is 5.63. The Morgan fingerprint density at radius 2 is 1.81 bits per heavy atom. The number of anilines is 1. The van der Waals surface area contributed by atoms with Gasteiger partial charge in [-0.05, 0) is 38.5 Å². The summed E-state index contributed by atoms with van der Waals surface area (Å²) in [6, 6.07) is 7.08. The fourth-order valence-electron chi connectivity index (χ4n) is 1.50. The van der Waals surface area contributed by atoms with Crippen molar-refractivity contribution in [2.45, 2.75) is 32.8 Å². The van der Waals surface area contributed by atoms with Gasteiger partial charge in [0.2, 0.25) is 0 Å². The van der Waals surface area contributed by atoms with E-state index >= 15 is 0 Å². The molecule has 0 saturated heterocycles. The molecule has 1 amide bonds. The van der Waals surface area contributed by atoms with Gasteiger partial charge in [-0.3, -0.25) is 10.1 Å². The molecular formula is C15H22N2O4. The van der Waals surface area contributed by atoms with Gasteiger partial charge < -0.3 is 15.2 Å². The number of carbonyl (C=O) groups excluding carboxylic acids is 2. The molecule has 0 aromatic heterocycles. The minimum absolute atomic E-state index is 0.0671. The van der Waals surface area contributed by atoms with Crippen molar-refractivity contribution in [3.05, 3.63) is 29.8 Å². The fraction of sp³-hybridized carbons (Fsp3) is 0.467. The number of carbonyl (C=O) groups is 2. The third kappa shape index (κ3) is 7.94. The van der Waals surface area contributed by atoms with Crippen molar-refractivity contribution in [1.29, 1.82) is 0 Å². The zero-order chi connectivity index (χ0) is 15.9. The summed E-state index contributed by atoms with van der Waals surface area (Å²) in [5.41, 5.74) is 6.54. The molecule has 0 aliphatic carbocycles. The lowest BCUT2D eigenvalue weighted by molar-refractivity contribution is -0.123. The molecule has 1 rings (SSSR count). The van der Waals surface area contributed by atoms with Gasteiger partial charge >= 0.3 is 6.09 Å². The number of Topliss-reactive ketones (excluding diaryl/α,β-unsaturated/α-hetero) is 1. The highest BCUT2D eigenvalue weighted by atomic mass is 16.6. The number of amides is 1. The topological polar surface area (TPSA) is 90.6 Å². The van der Waals surface area contributed by atoms with Crippen molar-refractivity contribution < 1.29 is 19.1 Å². The van der Waals surface area contributed by atoms with E-state index in [1.165, 1.54) is 0 Å². The Hall–Kier alpha value is -2.08. The second-order valence-corrected chi connectivity index (χ2v) is 5.63. The molecule has 0 saturated carbocycles. The lowest BCUT2D eigenvalue weighted by atomic mass is 10.1. The minimum Gasteiger partial charge on any atom is -0.444 e. The van der Waals surface area contributed by atoms with Gasteiger partial charge in [0.15, 0.2) is 5.78 Å². The van der Waals surface area contributed by atoms with Crippen LogP contribution in [0.2, 0.25) is 0 Å². The maximum absolute atomic E-state index is 11.7. The van der Waals surface area contributed by atoms with Crippen LogP contribution in [0.4, 0.5) is 10.5 Å². The number of benzene rings is 1. The molecule has 0 radical (unpaired) electrons. The molecule has 1 aromatic carbocycles. The Morgan fingerprint density at radius 3 is 2.38 bits per heavy atom. The number of hydrogen-bond acceptors (Lipinski definition) is 5. The summed E-state index contributed by atoms with van der Waals surface area (Å²) in [4.78, 5) is 23.0. The molecule has 3 N–H and O–H groups in total. The predicted octanol–water partition coefficient (Wildman–Crippen LogP) is 1.88. The normalized spacial score (nSPS) is 11.0. The molecule has 0 spiro atoms. The Kier molecular flexibility index (Phi) is 6.17. The monoisotopic (exact) mass is 294 g/mol. The van der Waals surface area contributed by atoms with E-state index in [0.717, 1.165) is 5.56 Å². The van der Waals surface area contributed by atoms with Crippen molar-refractivity contribution in [3.63, 3.8) is 0 Å². The van der Waals surface area contributed by atoms with Gasteiger partial charge in [-0.2, -0.15) is 0 Å². The van der Waals surface area contributed by atoms with Gasteiger partial charge in [-0.1, -0.05) is 12.1 Å². The van der Waals surface area contributed by atoms with E-state index in [2.05, 4.69) is 5.32 Å². The maximum Gasteiger partial charge on any atom is 0.409 e. The van der Waals surface area contributed by atoms with Gasteiger partial charge in [0.1, 0.15) is 18.9 Å². The Balaban J connectivity index is 2.19. The maximum atomic E-state index is 11.7. The minimum atomic E-state index is -0.575. The number of nitrogens with two attached hydrogens (primary N) is 1. The first-order valence-corrected chi connectivity index (χ1v) is 6.67. The van der Waals surface area contributed by atoms with E-state index in [1.807, 2.05) is 0 Å². The standard InChI is InChI=1S/C15H22N2O4/c1-15(2,3)21-14(19)17-10-20-9-13(18)8-11-4-6-12(16)7-5-11/h4-7H,8-10,16H2,1-3H3,(H,17,19). The number of rotatable bonds is 6. The van der Waals surface area contributed by atoms with Gasteiger partial charge in [0.25, 0.3) is 0 Å². The van der Waals surface area contributed by atoms with Crippen LogP contribution in [-0.4, -0.2) is 30.8 Å². The Bertz CT molecular complexity index is 477. The number of alkyl carbamates (subject to hydrolysis) is 1. The fourth-order valence-corrected chi connectivity index (χ4v) is 1.50. The van der Waals surface area contributed by atoms with E-state index in [9.17, 15) is 9.59 Å². The predicted molar refractivity (Wildman–Crippen MR) is 79.8 cm³/mol. The van der Waals surface area contributed by atoms with Crippen LogP contribution >= 0.6 is 0 Å². The van der Waals surface area contributed by atoms with Crippen molar-refractivity contribution in [1.82, 2.24) is 5.32 Å². The SMILES string of the molecule is CC(C)(C)OC(=O)NCOCC(=O)Cc1ccc(N)cc1. The molecule has 6 heteroatoms. The first-order chi connectivity index (χ1) is 9.76. The van der Waals surface area contributed by atoms with Crippen molar-refractivity contribution in [3.8, 4) is 0 Å². The van der Waals surface area contributed by atoms with E-state index in [0.29, 0.717) is 5.69 Å². The molecule has 21 heavy (non-hydrogen) atoms. The summed E-state index contributed by atoms with van der Waals surface area (Å²) < 4.78 is 10.1. The molecular weight excluding hydrogens is 272 g/mol. The van der Waals surface area contributed by atoms with Crippen LogP contribution in [0.3, 0.4) is 0 Å². The molecule has 0 bridgehead atoms. The summed E-state index contributed by atoms with van der Waals surface area (Å²) in [5.74, 6) is -0.0780. The summed E-state index contributed by atoms with van der Waals surface area (Å²) >= 11 is 0. The lowest BCUT2D eigenvalue weighted by Gasteiger charge is -2.19. The second kappa shape index (κ2) is 7.64. The van der Waals surface area contributed by atoms with Crippen molar-refractivity contribution in [2.24, 2.45) is 0 Å². The van der Waals surface area contributed by atoms with Crippen LogP contribution in [0, 0.1) is 0 Å². The molecule has 0 unspecified atom stereocenters. The molecule has 0 fully saturated rings. The average Bonchev–Trinajstić information content (AvgIpc) is 2.35. The number of ether oxygens (including phenoxy) is 2. The Morgan fingerprint density at radius 1 is 1.19 bits per heavy atom. The number of nitrogen functional groups attached to an aromatic ring is 1. The van der Waals surface area contributed by atoms with Crippen molar-refractivity contribution >= 4 is 17.6 Å². The zero-order valence-electron chi connectivity index (χ0n) is 12.6. The first-order valence-electron chi connectivity index (χ1n) is 6.67. The molecule has 1 aromatic rings. The van der Waals surface area contributed by atoms with Crippen LogP contribution in [0.1, 0.15) is 26.3 Å². The average molecular weight is 294 g/mol. The lowest BCUT2D eigenvalue weighted by Crippen LogP contribution is -2.34. The van der Waals surface area contributed by atoms with Gasteiger partial charge in [0, 0.05) is 12.1 Å². The number of nitrogens with one attached hydrogen (secondary N) is 1. The van der Waals surface area contributed by atoms with Crippen molar-refractivity contribution in [2.75, 3.05) is 19.1 Å². The quantitative estimate of drug-likeness (QED) is 0.475. The first kappa shape index (κ1) is 17.0. The highest BCUT2D eigenvalue weighted by Gasteiger charge is 2.15. The van der Waals surface area contributed by atoms with Crippen LogP contribution < -0.4 is 11.1 Å². The number of ketones is 1. The highest BCUT2D eigenvalue weighted by molar-refractivity contribution is 5.82. The molecule has 0 aliphatic heterocycles. The summed E-state index contributed by atoms with van der Waals surface area (Å²) in [7, 11) is 0. The highest BCUT2D eigenvalue weighted by Crippen LogP contribution is 2.07. The summed E-state index contributed by atoms with van der Waals surface area (Å²) in [6.45, 7) is 5.17. The van der Waals surface area contributed by atoms with Gasteiger partial charge in [0.05, 0.1) is 0 Å². The van der Waals surface area contributed by atoms with Crippen LogP contribution in [0.15, 0.2) is 24.3 Å². The molecule has 0 atom stereocenters. The van der Waals surface area contributed by atoms with Gasteiger partial charge in [-0.15, -0.1) is 0 Å². The van der Waals surface area contributed by atoms with E-state index in [-0.39, 0.29) is 25.5 Å². The molecule has 116 valence electrons. The number of hydrogen-bond donors (Lipinski definition) is 2. The van der Waals surface area contributed by atoms with E-state index in [1.54, 1.807) is 45.0 Å². The Labute approximate surface area is 124 Å². The van der Waals surface area contributed by atoms with E-state index < -0.39 is 11.7 Å². The molecule has 0 aliphatic rings. The smallest absolute Gasteiger partial charge is 0.409 e. The summed E-state index contributed by atoms with van der Waals surface area (Å²) in [6.07, 6.45) is -0.305. The largest absolute Gasteiger partial charge is 0.444 e. The van der Waals surface area contributed by atoms with Crippen LogP contribution in [-0.2, 0) is 20.7 Å². The van der Waals surface area contributed by atoms with E-state index in [4.69, 9.17) is 15.2 Å². The zero-order valence-corrected chi connectivity index (χ0v) is 12.6.